The molecule has 0 bridgehead atoms. The van der Waals surface area contributed by atoms with E-state index in [-0.39, 0.29) is 0 Å². The Morgan fingerprint density at radius 3 is 2.72 bits per heavy atom. The fourth-order valence-electron chi connectivity index (χ4n) is 3.31. The van der Waals surface area contributed by atoms with E-state index in [2.05, 4.69) is 29.0 Å². The van der Waals surface area contributed by atoms with Crippen molar-refractivity contribution in [2.24, 2.45) is 0 Å². The molecule has 1 saturated heterocycles. The number of nitrogens with two attached hydrogens (primary N) is 1. The number of anilines is 1. The average molecular weight is 245 g/mol. The van der Waals surface area contributed by atoms with E-state index in [9.17, 15) is 0 Å². The maximum Gasteiger partial charge on any atom is 0.0352 e. The highest BCUT2D eigenvalue weighted by molar-refractivity contribution is 5.47. The van der Waals surface area contributed by atoms with Gasteiger partial charge in [-0.05, 0) is 49.6 Å². The lowest BCUT2D eigenvalue weighted by Gasteiger charge is -2.40. The number of rotatable bonds is 1. The van der Waals surface area contributed by atoms with Crippen molar-refractivity contribution >= 4 is 5.69 Å². The molecule has 1 aliphatic heterocycles. The molecule has 0 saturated carbocycles. The smallest absolute Gasteiger partial charge is 0.0352 e. The lowest BCUT2D eigenvalue weighted by molar-refractivity contribution is 0.102. The lowest BCUT2D eigenvalue weighted by Crippen LogP contribution is -2.46. The Morgan fingerprint density at radius 2 is 1.94 bits per heavy atom. The summed E-state index contributed by atoms with van der Waals surface area (Å²) in [6.45, 7) is 4.76. The largest absolute Gasteiger partial charge is 0.399 e. The monoisotopic (exact) mass is 245 g/mol. The van der Waals surface area contributed by atoms with Gasteiger partial charge in [-0.1, -0.05) is 6.07 Å². The van der Waals surface area contributed by atoms with Gasteiger partial charge < -0.3 is 10.6 Å². The van der Waals surface area contributed by atoms with E-state index in [1.54, 1.807) is 0 Å². The van der Waals surface area contributed by atoms with Crippen molar-refractivity contribution in [1.29, 1.82) is 0 Å². The number of fused-ring (bicyclic) bond motifs is 1. The number of aryl methyl sites for hydroxylation is 1. The summed E-state index contributed by atoms with van der Waals surface area (Å²) in [5.74, 6) is 0. The number of hydrogen-bond donors (Lipinski definition) is 1. The van der Waals surface area contributed by atoms with Crippen molar-refractivity contribution in [3.8, 4) is 0 Å². The number of benzene rings is 1. The van der Waals surface area contributed by atoms with Crippen LogP contribution in [0.2, 0.25) is 0 Å². The molecule has 3 nitrogen and oxygen atoms in total. The molecule has 3 rings (SSSR count). The van der Waals surface area contributed by atoms with Gasteiger partial charge >= 0.3 is 0 Å². The van der Waals surface area contributed by atoms with Gasteiger partial charge in [0.15, 0.2) is 0 Å². The number of nitrogen functional groups attached to an aromatic ring is 1. The summed E-state index contributed by atoms with van der Waals surface area (Å²) in [5.41, 5.74) is 9.89. The zero-order valence-electron chi connectivity index (χ0n) is 11.2. The molecule has 1 unspecified atom stereocenters. The van der Waals surface area contributed by atoms with E-state index >= 15 is 0 Å². The minimum atomic E-state index is 0.603. The highest BCUT2D eigenvalue weighted by Crippen LogP contribution is 2.35. The molecule has 0 aromatic heterocycles. The third kappa shape index (κ3) is 2.25. The topological polar surface area (TPSA) is 32.5 Å². The van der Waals surface area contributed by atoms with Crippen LogP contribution in [-0.2, 0) is 6.42 Å². The molecule has 0 amide bonds. The van der Waals surface area contributed by atoms with Gasteiger partial charge in [-0.3, -0.25) is 4.90 Å². The van der Waals surface area contributed by atoms with Gasteiger partial charge in [-0.2, -0.15) is 0 Å². The average Bonchev–Trinajstić information content (AvgIpc) is 2.39. The van der Waals surface area contributed by atoms with Crippen molar-refractivity contribution in [2.75, 3.05) is 39.0 Å². The Kier molecular flexibility index (Phi) is 3.27. The predicted molar refractivity (Wildman–Crippen MR) is 75.6 cm³/mol. The molecule has 18 heavy (non-hydrogen) atoms. The van der Waals surface area contributed by atoms with Gasteiger partial charge in [0.05, 0.1) is 0 Å². The van der Waals surface area contributed by atoms with Crippen molar-refractivity contribution in [3.05, 3.63) is 29.3 Å². The number of hydrogen-bond acceptors (Lipinski definition) is 3. The highest BCUT2D eigenvalue weighted by Gasteiger charge is 2.27. The van der Waals surface area contributed by atoms with Gasteiger partial charge in [0.2, 0.25) is 0 Å². The molecule has 98 valence electrons. The van der Waals surface area contributed by atoms with Gasteiger partial charge in [-0.15, -0.1) is 0 Å². The first kappa shape index (κ1) is 12.0. The Bertz CT molecular complexity index is 422. The molecule has 1 aliphatic carbocycles. The van der Waals surface area contributed by atoms with Crippen LogP contribution < -0.4 is 5.73 Å². The van der Waals surface area contributed by atoms with E-state index in [4.69, 9.17) is 5.73 Å². The summed E-state index contributed by atoms with van der Waals surface area (Å²) in [6, 6.07) is 7.08. The molecular formula is C15H23N3. The third-order valence-electron chi connectivity index (χ3n) is 4.43. The van der Waals surface area contributed by atoms with Crippen molar-refractivity contribution in [1.82, 2.24) is 9.80 Å². The number of nitrogens with zero attached hydrogens (tertiary/aromatic N) is 2. The van der Waals surface area contributed by atoms with E-state index in [1.807, 2.05) is 6.07 Å². The first-order valence-corrected chi connectivity index (χ1v) is 7.05. The van der Waals surface area contributed by atoms with Crippen molar-refractivity contribution in [3.63, 3.8) is 0 Å². The van der Waals surface area contributed by atoms with E-state index in [1.165, 1.54) is 56.6 Å². The minimum absolute atomic E-state index is 0.603. The van der Waals surface area contributed by atoms with Gasteiger partial charge in [-0.25, -0.2) is 0 Å². The summed E-state index contributed by atoms with van der Waals surface area (Å²) in [6.07, 6.45) is 3.83. The fourth-order valence-corrected chi connectivity index (χ4v) is 3.31. The van der Waals surface area contributed by atoms with Crippen LogP contribution in [0.15, 0.2) is 18.2 Å². The summed E-state index contributed by atoms with van der Waals surface area (Å²) in [5, 5.41) is 0. The van der Waals surface area contributed by atoms with Crippen LogP contribution in [0.25, 0.3) is 0 Å². The standard InChI is InChI=1S/C15H23N3/c1-17-7-9-18(10-8-17)15-4-2-3-12-5-6-13(16)11-14(12)15/h5-6,11,15H,2-4,7-10,16H2,1H3. The Labute approximate surface area is 110 Å². The predicted octanol–water partition coefficient (Wildman–Crippen LogP) is 1.89. The van der Waals surface area contributed by atoms with Crippen molar-refractivity contribution in [2.45, 2.75) is 25.3 Å². The molecule has 0 radical (unpaired) electrons. The molecule has 0 spiro atoms. The lowest BCUT2D eigenvalue weighted by atomic mass is 9.86. The van der Waals surface area contributed by atoms with E-state index in [0.717, 1.165) is 5.69 Å². The first-order chi connectivity index (χ1) is 8.74. The van der Waals surface area contributed by atoms with Crippen LogP contribution in [0.4, 0.5) is 5.69 Å². The van der Waals surface area contributed by atoms with Gasteiger partial charge in [0.1, 0.15) is 0 Å². The van der Waals surface area contributed by atoms with Crippen molar-refractivity contribution < 1.29 is 0 Å². The van der Waals surface area contributed by atoms with Gasteiger partial charge in [0, 0.05) is 37.9 Å². The Hall–Kier alpha value is -1.06. The van der Waals surface area contributed by atoms with E-state index < -0.39 is 0 Å². The summed E-state index contributed by atoms with van der Waals surface area (Å²) in [4.78, 5) is 5.07. The minimum Gasteiger partial charge on any atom is -0.399 e. The molecule has 2 aliphatic rings. The maximum absolute atomic E-state index is 5.97. The fraction of sp³-hybridized carbons (Fsp3) is 0.600. The third-order valence-corrected chi connectivity index (χ3v) is 4.43. The van der Waals surface area contributed by atoms with Crippen LogP contribution >= 0.6 is 0 Å². The number of likely N-dealkylation sites (N-methyl/N-ethyl adjacent to an activating group) is 1. The molecule has 1 atom stereocenters. The van der Waals surface area contributed by atoms with Crippen LogP contribution in [-0.4, -0.2) is 43.0 Å². The molecular weight excluding hydrogens is 222 g/mol. The number of piperazine rings is 1. The summed E-state index contributed by atoms with van der Waals surface area (Å²) in [7, 11) is 2.21. The molecule has 3 heteroatoms. The zero-order valence-corrected chi connectivity index (χ0v) is 11.2. The molecule has 1 heterocycles. The van der Waals surface area contributed by atoms with Gasteiger partial charge in [0.25, 0.3) is 0 Å². The molecule has 1 fully saturated rings. The summed E-state index contributed by atoms with van der Waals surface area (Å²) >= 11 is 0. The first-order valence-electron chi connectivity index (χ1n) is 7.05. The maximum atomic E-state index is 5.97. The zero-order chi connectivity index (χ0) is 12.5. The molecule has 2 N–H and O–H groups in total. The van der Waals surface area contributed by atoms with Crippen LogP contribution in [0, 0.1) is 0 Å². The quantitative estimate of drug-likeness (QED) is 0.767. The highest BCUT2D eigenvalue weighted by atomic mass is 15.3. The van der Waals surface area contributed by atoms with E-state index in [0.29, 0.717) is 6.04 Å². The molecule has 1 aromatic rings. The second kappa shape index (κ2) is 4.90. The Balaban J connectivity index is 1.84. The molecule has 1 aromatic carbocycles. The second-order valence-corrected chi connectivity index (χ2v) is 5.71. The van der Waals surface area contributed by atoms with Crippen LogP contribution in [0.5, 0.6) is 0 Å². The normalized spacial score (nSPS) is 25.9. The SMILES string of the molecule is CN1CCN(C2CCCc3ccc(N)cc32)CC1. The van der Waals surface area contributed by atoms with Crippen LogP contribution in [0.1, 0.15) is 30.0 Å². The van der Waals surface area contributed by atoms with Crippen LogP contribution in [0.3, 0.4) is 0 Å². The second-order valence-electron chi connectivity index (χ2n) is 5.71. The summed E-state index contributed by atoms with van der Waals surface area (Å²) < 4.78 is 0. The Morgan fingerprint density at radius 1 is 1.17 bits per heavy atom.